The van der Waals surface area contributed by atoms with Gasteiger partial charge in [0.15, 0.2) is 24.2 Å². The lowest BCUT2D eigenvalue weighted by Crippen LogP contribution is -2.42. The molecule has 0 amide bonds. The second-order valence-corrected chi connectivity index (χ2v) is 13.5. The number of β-amino-alcohol motifs (C(OH)–C–C–N with tert-alkyl or cyclic N) is 1. The Morgan fingerprint density at radius 1 is 1.11 bits per heavy atom. The number of hydrogen-bond donors (Lipinski definition) is 1. The van der Waals surface area contributed by atoms with Crippen LogP contribution in [0.25, 0.3) is 38.4 Å². The molecule has 11 nitrogen and oxygen atoms in total. The van der Waals surface area contributed by atoms with Crippen LogP contribution in [0.2, 0.25) is 0 Å². The fraction of sp³-hybridized carbons (Fsp3) is 0.387. The van der Waals surface area contributed by atoms with Crippen molar-refractivity contribution in [3.05, 3.63) is 53.5 Å². The van der Waals surface area contributed by atoms with Crippen LogP contribution in [-0.4, -0.2) is 84.7 Å². The average Bonchev–Trinajstić information content (AvgIpc) is 3.43. The van der Waals surface area contributed by atoms with Crippen molar-refractivity contribution in [3.8, 4) is 17.0 Å². The first-order valence-electron chi connectivity index (χ1n) is 14.6. The van der Waals surface area contributed by atoms with Gasteiger partial charge >= 0.3 is 0 Å². The van der Waals surface area contributed by atoms with Crippen LogP contribution in [0.15, 0.2) is 35.6 Å². The van der Waals surface area contributed by atoms with Crippen molar-refractivity contribution in [1.82, 2.24) is 19.6 Å². The molecule has 1 aliphatic heterocycles. The lowest BCUT2D eigenvalue weighted by molar-refractivity contribution is -0.0123. The summed E-state index contributed by atoms with van der Waals surface area (Å²) in [6, 6.07) is 5.21. The monoisotopic (exact) mass is 659 g/mol. The maximum Gasteiger partial charge on any atom is 0.249 e. The van der Waals surface area contributed by atoms with Gasteiger partial charge in [0.2, 0.25) is 15.0 Å². The van der Waals surface area contributed by atoms with Crippen molar-refractivity contribution < 1.29 is 40.9 Å². The fourth-order valence-corrected chi connectivity index (χ4v) is 6.60. The average molecular weight is 660 g/mol. The molecule has 1 fully saturated rings. The van der Waals surface area contributed by atoms with Crippen molar-refractivity contribution in [1.29, 1.82) is 0 Å². The van der Waals surface area contributed by atoms with Gasteiger partial charge in [0.1, 0.15) is 28.4 Å². The normalized spacial score (nSPS) is 17.7. The number of fused-ring (bicyclic) bond motifs is 4. The summed E-state index contributed by atoms with van der Waals surface area (Å²) >= 11 is 0. The summed E-state index contributed by atoms with van der Waals surface area (Å²) in [6.07, 6.45) is 1.56. The maximum atomic E-state index is 17.3. The third kappa shape index (κ3) is 5.30. The van der Waals surface area contributed by atoms with Gasteiger partial charge in [-0.1, -0.05) is 13.8 Å². The van der Waals surface area contributed by atoms with Crippen LogP contribution in [0.3, 0.4) is 0 Å². The second-order valence-electron chi connectivity index (χ2n) is 11.3. The molecule has 0 radical (unpaired) electrons. The lowest BCUT2D eigenvalue weighted by Gasteiger charge is -2.29. The number of aliphatic hydroxyl groups is 1. The van der Waals surface area contributed by atoms with Gasteiger partial charge in [-0.3, -0.25) is 0 Å². The number of aromatic nitrogens is 4. The SMILES string of the molecule is CCc1c(F)ccc2c(F)c(OCOC)cc(-c3c(F)c4nc(S(=O)(=O)CC)nc(N5CCOC[C@@](C)(O)C5)c4c4ccnn34)c12. The first-order chi connectivity index (χ1) is 21.9. The van der Waals surface area contributed by atoms with Crippen LogP contribution in [-0.2, 0) is 25.7 Å². The smallest absolute Gasteiger partial charge is 0.249 e. The standard InChI is InChI=1S/C31H32F3N5O6S/c1-5-17-20(32)8-7-18-23(17)19(13-22(25(18)33)45-16-43-4)28-26(34)27-24(21-9-10-35-39(21)28)29(37-30(36-27)46(41,42)6-2)38-11-12-44-15-31(3,40)14-38/h7-10,13,40H,5-6,11-12,14-16H2,1-4H3/t31-/m0/s1. The van der Waals surface area contributed by atoms with Crippen LogP contribution in [0.5, 0.6) is 5.75 Å². The van der Waals surface area contributed by atoms with Gasteiger partial charge in [0.25, 0.3) is 0 Å². The van der Waals surface area contributed by atoms with Gasteiger partial charge in [-0.2, -0.15) is 5.10 Å². The van der Waals surface area contributed by atoms with E-state index in [2.05, 4.69) is 15.1 Å². The maximum absolute atomic E-state index is 17.3. The van der Waals surface area contributed by atoms with Gasteiger partial charge in [-0.25, -0.2) is 36.1 Å². The summed E-state index contributed by atoms with van der Waals surface area (Å²) in [4.78, 5) is 10.3. The number of anilines is 1. The molecule has 5 aromatic rings. The van der Waals surface area contributed by atoms with Gasteiger partial charge in [0, 0.05) is 30.0 Å². The molecule has 1 N–H and O–H groups in total. The third-order valence-corrected chi connectivity index (χ3v) is 9.50. The van der Waals surface area contributed by atoms with Crippen molar-refractivity contribution in [2.75, 3.05) is 50.9 Å². The van der Waals surface area contributed by atoms with E-state index in [4.69, 9.17) is 14.2 Å². The van der Waals surface area contributed by atoms with E-state index in [0.29, 0.717) is 0 Å². The van der Waals surface area contributed by atoms with Crippen molar-refractivity contribution in [3.63, 3.8) is 0 Å². The van der Waals surface area contributed by atoms with E-state index in [1.807, 2.05) is 0 Å². The summed E-state index contributed by atoms with van der Waals surface area (Å²) < 4.78 is 91.9. The zero-order chi connectivity index (χ0) is 33.0. The molecule has 46 heavy (non-hydrogen) atoms. The van der Waals surface area contributed by atoms with Crippen molar-refractivity contribution in [2.24, 2.45) is 0 Å². The Hall–Kier alpha value is -4.05. The molecule has 0 spiro atoms. The number of ether oxygens (including phenoxy) is 3. The molecule has 4 heterocycles. The number of benzene rings is 2. The fourth-order valence-electron chi connectivity index (χ4n) is 5.88. The highest BCUT2D eigenvalue weighted by molar-refractivity contribution is 7.91. The molecule has 15 heteroatoms. The molecule has 0 bridgehead atoms. The molecule has 3 aromatic heterocycles. The zero-order valence-electron chi connectivity index (χ0n) is 25.6. The quantitative estimate of drug-likeness (QED) is 0.189. The number of rotatable bonds is 8. The van der Waals surface area contributed by atoms with E-state index >= 15 is 13.2 Å². The van der Waals surface area contributed by atoms with Gasteiger partial charge < -0.3 is 24.2 Å². The highest BCUT2D eigenvalue weighted by Crippen LogP contribution is 2.43. The van der Waals surface area contributed by atoms with E-state index in [0.717, 1.165) is 6.07 Å². The van der Waals surface area contributed by atoms with Crippen LogP contribution in [0.1, 0.15) is 26.3 Å². The van der Waals surface area contributed by atoms with Gasteiger partial charge in [-0.15, -0.1) is 0 Å². The molecule has 0 unspecified atom stereocenters. The minimum absolute atomic E-state index is 0.00364. The minimum atomic E-state index is -4.06. The molecule has 1 aliphatic rings. The Bertz CT molecular complexity index is 2100. The predicted molar refractivity (Wildman–Crippen MR) is 164 cm³/mol. The lowest BCUT2D eigenvalue weighted by atomic mass is 9.93. The molecule has 2 aromatic carbocycles. The molecule has 0 aliphatic carbocycles. The number of methoxy groups -OCH3 is 1. The van der Waals surface area contributed by atoms with Crippen molar-refractivity contribution >= 4 is 42.8 Å². The van der Waals surface area contributed by atoms with E-state index in [1.165, 1.54) is 36.9 Å². The van der Waals surface area contributed by atoms with Crippen LogP contribution < -0.4 is 9.64 Å². The summed E-state index contributed by atoms with van der Waals surface area (Å²) in [5, 5.41) is 14.9. The first kappa shape index (κ1) is 31.9. The molecular formula is C31H32F3N5O6S. The van der Waals surface area contributed by atoms with E-state index in [9.17, 15) is 13.5 Å². The van der Waals surface area contributed by atoms with E-state index in [1.54, 1.807) is 24.8 Å². The predicted octanol–water partition coefficient (Wildman–Crippen LogP) is 4.44. The van der Waals surface area contributed by atoms with Crippen LogP contribution >= 0.6 is 0 Å². The zero-order valence-corrected chi connectivity index (χ0v) is 26.4. The van der Waals surface area contributed by atoms with Crippen LogP contribution in [0, 0.1) is 17.5 Å². The molecule has 244 valence electrons. The topological polar surface area (TPSA) is 128 Å². The molecule has 0 saturated carbocycles. The van der Waals surface area contributed by atoms with Crippen molar-refractivity contribution in [2.45, 2.75) is 37.9 Å². The Morgan fingerprint density at radius 3 is 2.61 bits per heavy atom. The van der Waals surface area contributed by atoms with Gasteiger partial charge in [0.05, 0.1) is 42.6 Å². The van der Waals surface area contributed by atoms with Crippen LogP contribution in [0.4, 0.5) is 19.0 Å². The Morgan fingerprint density at radius 2 is 1.89 bits per heavy atom. The van der Waals surface area contributed by atoms with Gasteiger partial charge in [-0.05, 0) is 43.2 Å². The summed E-state index contributed by atoms with van der Waals surface area (Å²) in [5.41, 5.74) is -1.45. The number of halogens is 3. The Kier molecular flexibility index (Phi) is 8.29. The largest absolute Gasteiger partial charge is 0.464 e. The molecule has 1 atom stereocenters. The highest BCUT2D eigenvalue weighted by Gasteiger charge is 2.33. The Balaban J connectivity index is 1.78. The molecule has 6 rings (SSSR count). The summed E-state index contributed by atoms with van der Waals surface area (Å²) in [7, 11) is -2.70. The number of nitrogens with zero attached hydrogens (tertiary/aromatic N) is 5. The highest BCUT2D eigenvalue weighted by atomic mass is 32.2. The summed E-state index contributed by atoms with van der Waals surface area (Å²) in [5.74, 6) is -2.98. The minimum Gasteiger partial charge on any atom is -0.464 e. The third-order valence-electron chi connectivity index (χ3n) is 8.00. The molecule has 1 saturated heterocycles. The van der Waals surface area contributed by atoms with E-state index < -0.39 is 38.0 Å². The number of sulfone groups is 1. The Labute approximate surface area is 262 Å². The first-order valence-corrected chi connectivity index (χ1v) is 16.3. The number of hydrogen-bond acceptors (Lipinski definition) is 10. The number of aryl methyl sites for hydroxylation is 1. The second kappa shape index (κ2) is 12.0. The van der Waals surface area contributed by atoms with E-state index in [-0.39, 0.29) is 101 Å². The summed E-state index contributed by atoms with van der Waals surface area (Å²) in [6.45, 7) is 4.77. The molecular weight excluding hydrogens is 627 g/mol. The number of pyridine rings is 1.